The van der Waals surface area contributed by atoms with Crippen molar-refractivity contribution in [1.29, 1.82) is 0 Å². The Kier molecular flexibility index (Phi) is 5.86. The van der Waals surface area contributed by atoms with Gasteiger partial charge in [-0.25, -0.2) is 0 Å². The summed E-state index contributed by atoms with van der Waals surface area (Å²) < 4.78 is 4.89. The summed E-state index contributed by atoms with van der Waals surface area (Å²) in [4.78, 5) is 11.2. The molecule has 0 radical (unpaired) electrons. The Hall–Kier alpha value is -1.77. The van der Waals surface area contributed by atoms with Crippen LogP contribution in [0.25, 0.3) is 0 Å². The SMILES string of the molecule is C=CCNc1cccc(CCC(=O)OCC)c1. The lowest BCUT2D eigenvalue weighted by Crippen LogP contribution is -2.05. The van der Waals surface area contributed by atoms with Crippen molar-refractivity contribution in [2.45, 2.75) is 19.8 Å². The van der Waals surface area contributed by atoms with Gasteiger partial charge in [0.25, 0.3) is 0 Å². The molecule has 0 atom stereocenters. The van der Waals surface area contributed by atoms with E-state index in [9.17, 15) is 4.79 Å². The Balaban J connectivity index is 2.47. The van der Waals surface area contributed by atoms with Crippen LogP contribution in [0.3, 0.4) is 0 Å². The minimum Gasteiger partial charge on any atom is -0.466 e. The van der Waals surface area contributed by atoms with Gasteiger partial charge in [0.2, 0.25) is 0 Å². The molecule has 17 heavy (non-hydrogen) atoms. The van der Waals surface area contributed by atoms with Crippen LogP contribution in [0.4, 0.5) is 5.69 Å². The van der Waals surface area contributed by atoms with Gasteiger partial charge in [0, 0.05) is 18.7 Å². The third-order valence-electron chi connectivity index (χ3n) is 2.30. The number of rotatable bonds is 7. The number of nitrogens with one attached hydrogen (secondary N) is 1. The number of benzene rings is 1. The van der Waals surface area contributed by atoms with Crippen LogP contribution in [0.5, 0.6) is 0 Å². The third-order valence-corrected chi connectivity index (χ3v) is 2.30. The zero-order valence-electron chi connectivity index (χ0n) is 10.2. The van der Waals surface area contributed by atoms with Gasteiger partial charge in [-0.05, 0) is 31.0 Å². The predicted molar refractivity (Wildman–Crippen MR) is 70.1 cm³/mol. The number of ether oxygens (including phenoxy) is 1. The molecule has 1 N–H and O–H groups in total. The highest BCUT2D eigenvalue weighted by atomic mass is 16.5. The van der Waals surface area contributed by atoms with Gasteiger partial charge >= 0.3 is 5.97 Å². The Morgan fingerprint density at radius 1 is 1.53 bits per heavy atom. The maximum absolute atomic E-state index is 11.2. The van der Waals surface area contributed by atoms with Gasteiger partial charge in [0.1, 0.15) is 0 Å². The number of hydrogen-bond acceptors (Lipinski definition) is 3. The number of carbonyl (C=O) groups is 1. The first-order valence-corrected chi connectivity index (χ1v) is 5.85. The molecule has 0 aromatic heterocycles. The summed E-state index contributed by atoms with van der Waals surface area (Å²) in [6.07, 6.45) is 2.95. The van der Waals surface area contributed by atoms with Gasteiger partial charge in [0.05, 0.1) is 6.61 Å². The molecule has 3 nitrogen and oxygen atoms in total. The molecule has 0 bridgehead atoms. The van der Waals surface area contributed by atoms with Gasteiger partial charge in [-0.15, -0.1) is 6.58 Å². The highest BCUT2D eigenvalue weighted by Crippen LogP contribution is 2.12. The van der Waals surface area contributed by atoms with Crippen LogP contribution in [0.1, 0.15) is 18.9 Å². The van der Waals surface area contributed by atoms with Crippen molar-refractivity contribution >= 4 is 11.7 Å². The van der Waals surface area contributed by atoms with E-state index in [1.165, 1.54) is 0 Å². The highest BCUT2D eigenvalue weighted by molar-refractivity contribution is 5.69. The first kappa shape index (κ1) is 13.3. The van der Waals surface area contributed by atoms with E-state index in [4.69, 9.17) is 4.74 Å². The minimum atomic E-state index is -0.142. The van der Waals surface area contributed by atoms with E-state index in [2.05, 4.69) is 11.9 Å². The monoisotopic (exact) mass is 233 g/mol. The summed E-state index contributed by atoms with van der Waals surface area (Å²) in [5.74, 6) is -0.142. The van der Waals surface area contributed by atoms with Crippen LogP contribution in [0.15, 0.2) is 36.9 Å². The molecular formula is C14H19NO2. The Labute approximate surface area is 102 Å². The second-order valence-electron chi connectivity index (χ2n) is 3.67. The summed E-state index contributed by atoms with van der Waals surface area (Å²) in [5, 5.41) is 3.21. The normalized spacial score (nSPS) is 9.71. The van der Waals surface area contributed by atoms with Crippen LogP contribution in [-0.2, 0) is 16.0 Å². The molecule has 1 aromatic rings. The molecule has 1 rings (SSSR count). The minimum absolute atomic E-state index is 0.142. The van der Waals surface area contributed by atoms with E-state index in [1.807, 2.05) is 37.3 Å². The van der Waals surface area contributed by atoms with E-state index in [0.717, 1.165) is 17.8 Å². The number of esters is 1. The fourth-order valence-corrected chi connectivity index (χ4v) is 1.51. The zero-order chi connectivity index (χ0) is 12.5. The van der Waals surface area contributed by atoms with Crippen LogP contribution >= 0.6 is 0 Å². The van der Waals surface area contributed by atoms with E-state index in [-0.39, 0.29) is 5.97 Å². The van der Waals surface area contributed by atoms with Crippen LogP contribution in [-0.4, -0.2) is 19.1 Å². The number of hydrogen-bond donors (Lipinski definition) is 1. The average molecular weight is 233 g/mol. The van der Waals surface area contributed by atoms with Crippen molar-refractivity contribution in [3.8, 4) is 0 Å². The van der Waals surface area contributed by atoms with Gasteiger partial charge in [-0.2, -0.15) is 0 Å². The first-order valence-electron chi connectivity index (χ1n) is 5.85. The third kappa shape index (κ3) is 5.20. The van der Waals surface area contributed by atoms with Crippen molar-refractivity contribution in [3.05, 3.63) is 42.5 Å². The molecule has 0 spiro atoms. The van der Waals surface area contributed by atoms with E-state index in [1.54, 1.807) is 0 Å². The lowest BCUT2D eigenvalue weighted by Gasteiger charge is -2.06. The molecule has 0 saturated carbocycles. The molecule has 0 fully saturated rings. The van der Waals surface area contributed by atoms with Gasteiger partial charge in [-0.1, -0.05) is 18.2 Å². The standard InChI is InChI=1S/C14H19NO2/c1-3-10-15-13-7-5-6-12(11-13)8-9-14(16)17-4-2/h3,5-7,11,15H,1,4,8-10H2,2H3. The molecular weight excluding hydrogens is 214 g/mol. The van der Waals surface area contributed by atoms with Gasteiger partial charge in [0.15, 0.2) is 0 Å². The summed E-state index contributed by atoms with van der Waals surface area (Å²) in [6.45, 7) is 6.65. The highest BCUT2D eigenvalue weighted by Gasteiger charge is 2.02. The van der Waals surface area contributed by atoms with Crippen molar-refractivity contribution in [1.82, 2.24) is 0 Å². The Morgan fingerprint density at radius 2 is 2.35 bits per heavy atom. The quantitative estimate of drug-likeness (QED) is 0.581. The maximum atomic E-state index is 11.2. The zero-order valence-corrected chi connectivity index (χ0v) is 10.2. The molecule has 0 aliphatic heterocycles. The first-order chi connectivity index (χ1) is 8.26. The summed E-state index contributed by atoms with van der Waals surface area (Å²) in [5.41, 5.74) is 2.18. The fourth-order valence-electron chi connectivity index (χ4n) is 1.51. The van der Waals surface area contributed by atoms with Crippen LogP contribution < -0.4 is 5.32 Å². The van der Waals surface area contributed by atoms with E-state index < -0.39 is 0 Å². The van der Waals surface area contributed by atoms with Gasteiger partial charge < -0.3 is 10.1 Å². The summed E-state index contributed by atoms with van der Waals surface area (Å²) in [6, 6.07) is 8.03. The fraction of sp³-hybridized carbons (Fsp3) is 0.357. The molecule has 92 valence electrons. The van der Waals surface area contributed by atoms with Crippen molar-refractivity contribution < 1.29 is 9.53 Å². The topological polar surface area (TPSA) is 38.3 Å². The number of carbonyl (C=O) groups excluding carboxylic acids is 1. The predicted octanol–water partition coefficient (Wildman–Crippen LogP) is 2.78. The molecule has 0 amide bonds. The van der Waals surface area contributed by atoms with Crippen molar-refractivity contribution in [2.24, 2.45) is 0 Å². The Morgan fingerprint density at radius 3 is 3.06 bits per heavy atom. The molecule has 0 aliphatic rings. The molecule has 0 saturated heterocycles. The smallest absolute Gasteiger partial charge is 0.306 e. The lowest BCUT2D eigenvalue weighted by molar-refractivity contribution is -0.143. The molecule has 0 unspecified atom stereocenters. The maximum Gasteiger partial charge on any atom is 0.306 e. The van der Waals surface area contributed by atoms with Gasteiger partial charge in [-0.3, -0.25) is 4.79 Å². The average Bonchev–Trinajstić information content (AvgIpc) is 2.35. The second kappa shape index (κ2) is 7.49. The van der Waals surface area contributed by atoms with E-state index >= 15 is 0 Å². The molecule has 3 heteroatoms. The molecule has 1 aromatic carbocycles. The van der Waals surface area contributed by atoms with Crippen LogP contribution in [0, 0.1) is 0 Å². The molecule has 0 heterocycles. The lowest BCUT2D eigenvalue weighted by atomic mass is 10.1. The van der Waals surface area contributed by atoms with Crippen LogP contribution in [0.2, 0.25) is 0 Å². The summed E-state index contributed by atoms with van der Waals surface area (Å²) >= 11 is 0. The molecule has 0 aliphatic carbocycles. The number of anilines is 1. The van der Waals surface area contributed by atoms with Crippen molar-refractivity contribution in [2.75, 3.05) is 18.5 Å². The van der Waals surface area contributed by atoms with E-state index in [0.29, 0.717) is 19.4 Å². The van der Waals surface area contributed by atoms with Crippen molar-refractivity contribution in [3.63, 3.8) is 0 Å². The Bertz CT molecular complexity index is 374. The largest absolute Gasteiger partial charge is 0.466 e. The second-order valence-corrected chi connectivity index (χ2v) is 3.67. The number of aryl methyl sites for hydroxylation is 1. The summed E-state index contributed by atoms with van der Waals surface area (Å²) in [7, 11) is 0.